The van der Waals surface area contributed by atoms with Crippen LogP contribution in [0.4, 0.5) is 4.39 Å². The molecule has 3 aromatic rings. The molecule has 180 valence electrons. The third-order valence-corrected chi connectivity index (χ3v) is 5.94. The summed E-state index contributed by atoms with van der Waals surface area (Å²) in [5.74, 6) is 0.104. The molecule has 1 saturated heterocycles. The summed E-state index contributed by atoms with van der Waals surface area (Å²) in [5.41, 5.74) is 2.71. The first-order valence-electron chi connectivity index (χ1n) is 10.9. The number of hydrogen-bond donors (Lipinski definition) is 0. The molecule has 0 bridgehead atoms. The molecule has 0 spiro atoms. The molecule has 1 aliphatic heterocycles. The van der Waals surface area contributed by atoms with Crippen molar-refractivity contribution < 1.29 is 23.1 Å². The normalized spacial score (nSPS) is 14.3. The van der Waals surface area contributed by atoms with E-state index in [2.05, 4.69) is 10.00 Å². The van der Waals surface area contributed by atoms with Crippen LogP contribution in [0, 0.1) is 12.7 Å². The highest BCUT2D eigenvalue weighted by atomic mass is 19.1. The summed E-state index contributed by atoms with van der Waals surface area (Å²) in [6, 6.07) is 9.38. The monoisotopic (exact) mass is 470 g/mol. The molecule has 10 heteroatoms. The Hall–Kier alpha value is -3.66. The lowest BCUT2D eigenvalue weighted by molar-refractivity contribution is -0.134. The van der Waals surface area contributed by atoms with Crippen LogP contribution in [0.15, 0.2) is 45.6 Å². The maximum atomic E-state index is 13.1. The third-order valence-electron chi connectivity index (χ3n) is 5.94. The number of halogens is 1. The van der Waals surface area contributed by atoms with E-state index in [1.54, 1.807) is 19.1 Å². The van der Waals surface area contributed by atoms with Crippen molar-refractivity contribution in [3.8, 4) is 23.0 Å². The minimum absolute atomic E-state index is 0.0490. The third kappa shape index (κ3) is 5.12. The van der Waals surface area contributed by atoms with Crippen molar-refractivity contribution >= 4 is 5.91 Å². The quantitative estimate of drug-likeness (QED) is 0.524. The largest absolute Gasteiger partial charge is 0.493 e. The topological polar surface area (TPSA) is 90.0 Å². The van der Waals surface area contributed by atoms with E-state index in [1.165, 1.54) is 24.3 Å². The van der Waals surface area contributed by atoms with Crippen LogP contribution in [0.5, 0.6) is 11.5 Å². The number of carbonyl (C=O) groups is 1. The minimum atomic E-state index is -0.727. The molecule has 1 aromatic heterocycles. The maximum Gasteiger partial charge on any atom is 0.437 e. The molecule has 0 aliphatic carbocycles. The van der Waals surface area contributed by atoms with Gasteiger partial charge in [-0.05, 0) is 54.4 Å². The first kappa shape index (κ1) is 23.5. The van der Waals surface area contributed by atoms with Crippen LogP contribution in [-0.2, 0) is 17.9 Å². The number of piperazine rings is 1. The molecular formula is C24H27FN4O5. The number of benzene rings is 2. The van der Waals surface area contributed by atoms with E-state index in [9.17, 15) is 14.0 Å². The summed E-state index contributed by atoms with van der Waals surface area (Å²) in [4.78, 5) is 28.9. The number of amides is 1. The maximum absolute atomic E-state index is 13.1. The summed E-state index contributed by atoms with van der Waals surface area (Å²) < 4.78 is 30.0. The summed E-state index contributed by atoms with van der Waals surface area (Å²) >= 11 is 0. The van der Waals surface area contributed by atoms with E-state index in [1.807, 2.05) is 19.1 Å². The van der Waals surface area contributed by atoms with Gasteiger partial charge in [-0.25, -0.2) is 9.18 Å². The van der Waals surface area contributed by atoms with Gasteiger partial charge in [0.05, 0.1) is 14.2 Å². The first-order chi connectivity index (χ1) is 16.4. The van der Waals surface area contributed by atoms with Crippen molar-refractivity contribution in [1.82, 2.24) is 19.6 Å². The van der Waals surface area contributed by atoms with Crippen molar-refractivity contribution in [3.05, 3.63) is 63.9 Å². The standard InChI is InChI=1S/C24H27FN4O5/c1-16-12-20(32-2)21(33-3)13-18(16)14-27-8-10-28(11-9-27)22(30)15-29-24(31)34-23(26-29)17-4-6-19(25)7-5-17/h4-7,12-13H,8-11,14-15H2,1-3H3. The summed E-state index contributed by atoms with van der Waals surface area (Å²) in [6.07, 6.45) is 0. The molecule has 1 fully saturated rings. The summed E-state index contributed by atoms with van der Waals surface area (Å²) in [6.45, 7) is 5.05. The molecule has 0 N–H and O–H groups in total. The Balaban J connectivity index is 1.35. The predicted octanol–water partition coefficient (Wildman–Crippen LogP) is 2.31. The van der Waals surface area contributed by atoms with Crippen molar-refractivity contribution in [1.29, 1.82) is 0 Å². The minimum Gasteiger partial charge on any atom is -0.493 e. The van der Waals surface area contributed by atoms with Crippen LogP contribution in [0.1, 0.15) is 11.1 Å². The molecule has 1 amide bonds. The van der Waals surface area contributed by atoms with Crippen LogP contribution in [-0.4, -0.2) is 65.9 Å². The van der Waals surface area contributed by atoms with Gasteiger partial charge in [0.1, 0.15) is 12.4 Å². The van der Waals surface area contributed by atoms with Gasteiger partial charge in [-0.3, -0.25) is 9.69 Å². The highest BCUT2D eigenvalue weighted by Gasteiger charge is 2.23. The van der Waals surface area contributed by atoms with Gasteiger partial charge in [-0.15, -0.1) is 5.10 Å². The Kier molecular flexibility index (Phi) is 6.97. The van der Waals surface area contributed by atoms with Crippen molar-refractivity contribution in [3.63, 3.8) is 0 Å². The van der Waals surface area contributed by atoms with Crippen molar-refractivity contribution in [2.45, 2.75) is 20.0 Å². The Morgan fingerprint density at radius 2 is 1.71 bits per heavy atom. The molecule has 0 atom stereocenters. The van der Waals surface area contributed by atoms with Crippen LogP contribution in [0.3, 0.4) is 0 Å². The summed E-state index contributed by atoms with van der Waals surface area (Å²) in [7, 11) is 3.23. The Morgan fingerprint density at radius 3 is 2.35 bits per heavy atom. The number of aryl methyl sites for hydroxylation is 1. The molecule has 9 nitrogen and oxygen atoms in total. The van der Waals surface area contributed by atoms with Gasteiger partial charge in [-0.2, -0.15) is 4.68 Å². The number of ether oxygens (including phenoxy) is 2. The van der Waals surface area contributed by atoms with Gasteiger partial charge < -0.3 is 18.8 Å². The molecule has 0 radical (unpaired) electrons. The molecule has 4 rings (SSSR count). The highest BCUT2D eigenvalue weighted by Crippen LogP contribution is 2.31. The Bertz CT molecular complexity index is 1210. The van der Waals surface area contributed by atoms with Crippen molar-refractivity contribution in [2.75, 3.05) is 40.4 Å². The van der Waals surface area contributed by atoms with Crippen molar-refractivity contribution in [2.24, 2.45) is 0 Å². The number of aromatic nitrogens is 2. The molecule has 0 unspecified atom stereocenters. The zero-order valence-corrected chi connectivity index (χ0v) is 19.4. The lowest BCUT2D eigenvalue weighted by Crippen LogP contribution is -2.49. The number of rotatable bonds is 7. The van der Waals surface area contributed by atoms with E-state index in [4.69, 9.17) is 13.9 Å². The first-order valence-corrected chi connectivity index (χ1v) is 10.9. The van der Waals surface area contributed by atoms with E-state index in [0.29, 0.717) is 43.2 Å². The number of hydrogen-bond acceptors (Lipinski definition) is 7. The van der Waals surface area contributed by atoms with Gasteiger partial charge in [0.15, 0.2) is 11.5 Å². The zero-order chi connectivity index (χ0) is 24.2. The SMILES string of the molecule is COc1cc(C)c(CN2CCN(C(=O)Cn3nc(-c4ccc(F)cc4)oc3=O)CC2)cc1OC. The number of nitrogens with zero attached hydrogens (tertiary/aromatic N) is 4. The average Bonchev–Trinajstić information content (AvgIpc) is 3.20. The van der Waals surface area contributed by atoms with Gasteiger partial charge in [0.25, 0.3) is 0 Å². The van der Waals surface area contributed by atoms with E-state index in [0.717, 1.165) is 22.4 Å². The van der Waals surface area contributed by atoms with Crippen LogP contribution >= 0.6 is 0 Å². The molecule has 2 heterocycles. The van der Waals surface area contributed by atoms with Gasteiger partial charge >= 0.3 is 5.76 Å². The summed E-state index contributed by atoms with van der Waals surface area (Å²) in [5, 5.41) is 4.09. The number of carbonyl (C=O) groups excluding carboxylic acids is 1. The second kappa shape index (κ2) is 10.1. The second-order valence-electron chi connectivity index (χ2n) is 8.13. The fourth-order valence-electron chi connectivity index (χ4n) is 3.93. The predicted molar refractivity (Wildman–Crippen MR) is 122 cm³/mol. The molecule has 1 aliphatic rings. The molecule has 34 heavy (non-hydrogen) atoms. The highest BCUT2D eigenvalue weighted by molar-refractivity contribution is 5.76. The number of methoxy groups -OCH3 is 2. The Labute approximate surface area is 196 Å². The van der Waals surface area contributed by atoms with Crippen LogP contribution in [0.2, 0.25) is 0 Å². The van der Waals surface area contributed by atoms with Gasteiger partial charge in [0, 0.05) is 38.3 Å². The average molecular weight is 471 g/mol. The lowest BCUT2D eigenvalue weighted by atomic mass is 10.1. The van der Waals surface area contributed by atoms with E-state index >= 15 is 0 Å². The van der Waals surface area contributed by atoms with Crippen LogP contribution in [0.25, 0.3) is 11.5 Å². The second-order valence-corrected chi connectivity index (χ2v) is 8.13. The zero-order valence-electron chi connectivity index (χ0n) is 19.4. The Morgan fingerprint density at radius 1 is 1.06 bits per heavy atom. The molecule has 2 aromatic carbocycles. The van der Waals surface area contributed by atoms with E-state index < -0.39 is 11.6 Å². The smallest absolute Gasteiger partial charge is 0.437 e. The lowest BCUT2D eigenvalue weighted by Gasteiger charge is -2.35. The fourth-order valence-corrected chi connectivity index (χ4v) is 3.93. The molecular weight excluding hydrogens is 443 g/mol. The van der Waals surface area contributed by atoms with Gasteiger partial charge in [0.2, 0.25) is 11.8 Å². The molecule has 0 saturated carbocycles. The fraction of sp³-hybridized carbons (Fsp3) is 0.375. The van der Waals surface area contributed by atoms with Crippen LogP contribution < -0.4 is 15.2 Å². The van der Waals surface area contributed by atoms with E-state index in [-0.39, 0.29) is 18.3 Å². The van der Waals surface area contributed by atoms with Gasteiger partial charge in [-0.1, -0.05) is 0 Å².